The van der Waals surface area contributed by atoms with Crippen LogP contribution in [0.3, 0.4) is 0 Å². The average Bonchev–Trinajstić information content (AvgIpc) is 2.51. The first-order valence-corrected chi connectivity index (χ1v) is 7.91. The van der Waals surface area contributed by atoms with Crippen LogP contribution in [0.1, 0.15) is 40.5 Å². The minimum atomic E-state index is -1.41. The van der Waals surface area contributed by atoms with Crippen molar-refractivity contribution in [2.75, 3.05) is 7.11 Å². The number of carbonyl (C=O) groups is 3. The molecule has 7 heteroatoms. The van der Waals surface area contributed by atoms with Gasteiger partial charge in [0, 0.05) is 6.42 Å². The minimum Gasteiger partial charge on any atom is -0.467 e. The number of hydrogen-bond acceptors (Lipinski definition) is 6. The van der Waals surface area contributed by atoms with E-state index in [2.05, 4.69) is 5.32 Å². The second-order valence-corrected chi connectivity index (χ2v) is 6.74. The van der Waals surface area contributed by atoms with Crippen molar-refractivity contribution in [3.8, 4) is 5.75 Å². The molecule has 138 valence electrons. The quantitative estimate of drug-likeness (QED) is 0.626. The van der Waals surface area contributed by atoms with E-state index in [1.54, 1.807) is 51.1 Å². The highest BCUT2D eigenvalue weighted by Gasteiger charge is 2.38. The van der Waals surface area contributed by atoms with Crippen LogP contribution >= 0.6 is 0 Å². The van der Waals surface area contributed by atoms with Gasteiger partial charge in [0.25, 0.3) is 0 Å². The maximum absolute atomic E-state index is 12.1. The van der Waals surface area contributed by atoms with E-state index in [-0.39, 0.29) is 12.8 Å². The van der Waals surface area contributed by atoms with Gasteiger partial charge in [-0.2, -0.15) is 0 Å². The monoisotopic (exact) mass is 351 g/mol. The van der Waals surface area contributed by atoms with Crippen molar-refractivity contribution >= 4 is 18.0 Å². The molecule has 0 aliphatic carbocycles. The Labute approximate surface area is 147 Å². The Kier molecular flexibility index (Phi) is 6.97. The molecule has 7 nitrogen and oxygen atoms in total. The summed E-state index contributed by atoms with van der Waals surface area (Å²) in [5, 5.41) is 2.48. The number of para-hydroxylation sites is 1. The van der Waals surface area contributed by atoms with Gasteiger partial charge in [-0.1, -0.05) is 18.2 Å². The molecule has 0 bridgehead atoms. The first kappa shape index (κ1) is 20.5. The molecule has 0 unspecified atom stereocenters. The van der Waals surface area contributed by atoms with Gasteiger partial charge in [0.1, 0.15) is 16.9 Å². The van der Waals surface area contributed by atoms with Gasteiger partial charge < -0.3 is 19.5 Å². The van der Waals surface area contributed by atoms with E-state index in [1.165, 1.54) is 14.0 Å². The molecule has 0 aliphatic heterocycles. The minimum absolute atomic E-state index is 0.00455. The molecule has 0 spiro atoms. The van der Waals surface area contributed by atoms with Crippen molar-refractivity contribution in [3.05, 3.63) is 30.3 Å². The summed E-state index contributed by atoms with van der Waals surface area (Å²) in [4.78, 5) is 36.0. The zero-order valence-electron chi connectivity index (χ0n) is 15.3. The normalized spacial score (nSPS) is 13.3. The molecular formula is C18H25NO6. The van der Waals surface area contributed by atoms with Gasteiger partial charge in [-0.15, -0.1) is 0 Å². The highest BCUT2D eigenvalue weighted by molar-refractivity contribution is 5.86. The number of nitrogens with one attached hydrogen (secondary N) is 1. The number of esters is 2. The van der Waals surface area contributed by atoms with E-state index in [4.69, 9.17) is 14.2 Å². The van der Waals surface area contributed by atoms with Crippen molar-refractivity contribution in [3.63, 3.8) is 0 Å². The molecule has 0 saturated carbocycles. The number of alkyl carbamates (subject to hydrolysis) is 1. The van der Waals surface area contributed by atoms with E-state index in [0.717, 1.165) is 0 Å². The fourth-order valence-electron chi connectivity index (χ4n) is 1.99. The molecule has 0 radical (unpaired) electrons. The number of ether oxygens (including phenoxy) is 3. The largest absolute Gasteiger partial charge is 0.467 e. The third kappa shape index (κ3) is 7.24. The van der Waals surface area contributed by atoms with Gasteiger partial charge in [0.2, 0.25) is 0 Å². The van der Waals surface area contributed by atoms with Gasteiger partial charge in [-0.25, -0.2) is 9.59 Å². The predicted octanol–water partition coefficient (Wildman–Crippen LogP) is 2.83. The Bertz CT molecular complexity index is 608. The van der Waals surface area contributed by atoms with E-state index < -0.39 is 29.2 Å². The van der Waals surface area contributed by atoms with Crippen LogP contribution in [0.2, 0.25) is 0 Å². The Balaban J connectivity index is 2.70. The summed E-state index contributed by atoms with van der Waals surface area (Å²) >= 11 is 0. The molecular weight excluding hydrogens is 326 g/mol. The van der Waals surface area contributed by atoms with Crippen LogP contribution in [0.5, 0.6) is 5.75 Å². The SMILES string of the molecule is COC(=O)[C@](C)(CCC(=O)Oc1ccccc1)NC(=O)OC(C)(C)C. The molecule has 1 rings (SSSR count). The zero-order valence-corrected chi connectivity index (χ0v) is 15.3. The number of methoxy groups -OCH3 is 1. The lowest BCUT2D eigenvalue weighted by atomic mass is 9.96. The fourth-order valence-corrected chi connectivity index (χ4v) is 1.99. The molecule has 25 heavy (non-hydrogen) atoms. The Morgan fingerprint density at radius 2 is 1.64 bits per heavy atom. The molecule has 1 aromatic carbocycles. The Morgan fingerprint density at radius 3 is 2.16 bits per heavy atom. The summed E-state index contributed by atoms with van der Waals surface area (Å²) in [5.74, 6) is -0.787. The lowest BCUT2D eigenvalue weighted by Gasteiger charge is -2.29. The summed E-state index contributed by atoms with van der Waals surface area (Å²) in [5.41, 5.74) is -2.12. The predicted molar refractivity (Wildman–Crippen MR) is 91.1 cm³/mol. The van der Waals surface area contributed by atoms with Gasteiger partial charge in [-0.05, 0) is 46.2 Å². The Hall–Kier alpha value is -2.57. The summed E-state index contributed by atoms with van der Waals surface area (Å²) in [6, 6.07) is 8.58. The first-order valence-electron chi connectivity index (χ1n) is 7.91. The maximum Gasteiger partial charge on any atom is 0.408 e. The van der Waals surface area contributed by atoms with E-state index in [0.29, 0.717) is 5.75 Å². The third-order valence-electron chi connectivity index (χ3n) is 3.22. The maximum atomic E-state index is 12.1. The van der Waals surface area contributed by atoms with E-state index in [9.17, 15) is 14.4 Å². The highest BCUT2D eigenvalue weighted by Crippen LogP contribution is 2.18. The first-order chi connectivity index (χ1) is 11.6. The number of amides is 1. The lowest BCUT2D eigenvalue weighted by molar-refractivity contribution is -0.148. The number of hydrogen-bond donors (Lipinski definition) is 1. The number of carbonyl (C=O) groups excluding carboxylic acids is 3. The van der Waals surface area contributed by atoms with Crippen LogP contribution < -0.4 is 10.1 Å². The van der Waals surface area contributed by atoms with Crippen LogP contribution in [0.15, 0.2) is 30.3 Å². The summed E-state index contributed by atoms with van der Waals surface area (Å²) < 4.78 is 15.1. The summed E-state index contributed by atoms with van der Waals surface area (Å²) in [6.07, 6.45) is -0.849. The summed E-state index contributed by atoms with van der Waals surface area (Å²) in [7, 11) is 1.21. The molecule has 1 aromatic rings. The molecule has 1 N–H and O–H groups in total. The van der Waals surface area contributed by atoms with Crippen molar-refractivity contribution in [1.29, 1.82) is 0 Å². The van der Waals surface area contributed by atoms with Crippen molar-refractivity contribution in [2.45, 2.75) is 51.7 Å². The molecule has 0 aliphatic rings. The smallest absolute Gasteiger partial charge is 0.408 e. The van der Waals surface area contributed by atoms with Crippen molar-refractivity contribution in [1.82, 2.24) is 5.32 Å². The van der Waals surface area contributed by atoms with Crippen LogP contribution in [0.4, 0.5) is 4.79 Å². The second-order valence-electron chi connectivity index (χ2n) is 6.74. The molecule has 1 amide bonds. The van der Waals surface area contributed by atoms with E-state index in [1.807, 2.05) is 0 Å². The van der Waals surface area contributed by atoms with Crippen LogP contribution in [0.25, 0.3) is 0 Å². The molecule has 0 heterocycles. The van der Waals surface area contributed by atoms with Gasteiger partial charge >= 0.3 is 18.0 Å². The van der Waals surface area contributed by atoms with Crippen molar-refractivity contribution < 1.29 is 28.6 Å². The van der Waals surface area contributed by atoms with Crippen molar-refractivity contribution in [2.24, 2.45) is 0 Å². The highest BCUT2D eigenvalue weighted by atomic mass is 16.6. The zero-order chi connectivity index (χ0) is 19.1. The van der Waals surface area contributed by atoms with E-state index >= 15 is 0 Å². The molecule has 0 saturated heterocycles. The molecule has 0 fully saturated rings. The van der Waals surface area contributed by atoms with Crippen LogP contribution in [0, 0.1) is 0 Å². The average molecular weight is 351 g/mol. The topological polar surface area (TPSA) is 90.9 Å². The third-order valence-corrected chi connectivity index (χ3v) is 3.22. The van der Waals surface area contributed by atoms with Gasteiger partial charge in [-0.3, -0.25) is 4.79 Å². The Morgan fingerprint density at radius 1 is 1.04 bits per heavy atom. The number of benzene rings is 1. The molecule has 0 aromatic heterocycles. The fraction of sp³-hybridized carbons (Fsp3) is 0.500. The second kappa shape index (κ2) is 8.50. The molecule has 1 atom stereocenters. The van der Waals surface area contributed by atoms with Gasteiger partial charge in [0.15, 0.2) is 0 Å². The van der Waals surface area contributed by atoms with Crippen LogP contribution in [-0.2, 0) is 19.1 Å². The van der Waals surface area contributed by atoms with Gasteiger partial charge in [0.05, 0.1) is 7.11 Å². The summed E-state index contributed by atoms with van der Waals surface area (Å²) in [6.45, 7) is 6.59. The number of rotatable bonds is 6. The lowest BCUT2D eigenvalue weighted by Crippen LogP contribution is -2.54. The van der Waals surface area contributed by atoms with Crippen LogP contribution in [-0.4, -0.2) is 36.3 Å². The standard InChI is InChI=1S/C18H25NO6/c1-17(2,3)25-16(22)19-18(4,15(21)23-5)12-11-14(20)24-13-9-7-6-8-10-13/h6-10H,11-12H2,1-5H3,(H,19,22)/t18-/m0/s1.